The van der Waals surface area contributed by atoms with Gasteiger partial charge in [-0.1, -0.05) is 34.6 Å². The molecule has 5 rings (SSSR count). The Morgan fingerprint density at radius 2 is 1.66 bits per heavy atom. The minimum atomic E-state index is -2.75. The molecule has 0 bridgehead atoms. The second kappa shape index (κ2) is 18.2. The van der Waals surface area contributed by atoms with Crippen LogP contribution >= 0.6 is 0 Å². The predicted octanol–water partition coefficient (Wildman–Crippen LogP) is 6.56. The van der Waals surface area contributed by atoms with E-state index in [4.69, 9.17) is 28.4 Å². The number of methoxy groups -OCH3 is 2. The number of alkyl halides is 1. The Balaban J connectivity index is 1.46. The van der Waals surface area contributed by atoms with Gasteiger partial charge in [0, 0.05) is 69.7 Å². The summed E-state index contributed by atoms with van der Waals surface area (Å²) < 4.78 is 56.4. The van der Waals surface area contributed by atoms with Gasteiger partial charge in [0.15, 0.2) is 11.9 Å². The molecule has 0 aromatic carbocycles. The Hall–Kier alpha value is -3.50. The molecule has 330 valence electrons. The Kier molecular flexibility index (Phi) is 14.4. The molecule has 59 heavy (non-hydrogen) atoms. The number of Topliss-reactive ketones (excluding diaryl/α,β-unsaturated/α-hetero) is 1. The number of halogens is 1. The van der Waals surface area contributed by atoms with Crippen LogP contribution in [0.1, 0.15) is 101 Å². The number of ketones is 1. The number of amides is 1. The van der Waals surface area contributed by atoms with E-state index in [1.54, 1.807) is 72.3 Å². The number of imidazole rings is 1. The van der Waals surface area contributed by atoms with Crippen LogP contribution in [0.5, 0.6) is 0 Å². The van der Waals surface area contributed by atoms with Crippen molar-refractivity contribution < 1.29 is 52.3 Å². The zero-order valence-corrected chi connectivity index (χ0v) is 37.0. The summed E-state index contributed by atoms with van der Waals surface area (Å²) in [6.45, 7) is 18.1. The number of carbonyl (C=O) groups excluding carboxylic acids is 3. The minimum Gasteiger partial charge on any atom is -0.456 e. The second-order valence-corrected chi connectivity index (χ2v) is 18.0. The molecule has 3 fully saturated rings. The maximum atomic E-state index is 17.7. The molecule has 0 spiro atoms. The van der Waals surface area contributed by atoms with Crippen molar-refractivity contribution >= 4 is 17.8 Å². The molecule has 5 heterocycles. The van der Waals surface area contributed by atoms with E-state index in [-0.39, 0.29) is 31.6 Å². The highest BCUT2D eigenvalue weighted by Crippen LogP contribution is 2.46. The van der Waals surface area contributed by atoms with E-state index in [2.05, 4.69) is 9.97 Å². The fourth-order valence-electron chi connectivity index (χ4n) is 9.76. The van der Waals surface area contributed by atoms with Crippen molar-refractivity contribution in [3.63, 3.8) is 0 Å². The summed E-state index contributed by atoms with van der Waals surface area (Å²) in [4.78, 5) is 53.2. The van der Waals surface area contributed by atoms with Crippen LogP contribution in [0, 0.1) is 23.7 Å². The highest BCUT2D eigenvalue weighted by Gasteiger charge is 2.62. The van der Waals surface area contributed by atoms with Crippen LogP contribution in [-0.4, -0.2) is 122 Å². The lowest BCUT2D eigenvalue weighted by molar-refractivity contribution is -0.304. The molecular formula is C44H67FN4O10. The summed E-state index contributed by atoms with van der Waals surface area (Å²) in [5.41, 5.74) is -4.61. The first-order valence-electron chi connectivity index (χ1n) is 21.1. The summed E-state index contributed by atoms with van der Waals surface area (Å²) in [5, 5.41) is 10.9. The van der Waals surface area contributed by atoms with E-state index in [1.165, 1.54) is 7.11 Å². The number of aliphatic hydroxyl groups is 1. The normalized spacial score (nSPS) is 40.0. The lowest BCUT2D eigenvalue weighted by Gasteiger charge is -2.48. The van der Waals surface area contributed by atoms with Gasteiger partial charge in [0.1, 0.15) is 24.1 Å². The van der Waals surface area contributed by atoms with Gasteiger partial charge in [-0.2, -0.15) is 0 Å². The van der Waals surface area contributed by atoms with Crippen LogP contribution in [0.2, 0.25) is 0 Å². The fourth-order valence-corrected chi connectivity index (χ4v) is 9.76. The molecule has 2 aromatic rings. The van der Waals surface area contributed by atoms with Gasteiger partial charge in [-0.05, 0) is 84.3 Å². The van der Waals surface area contributed by atoms with Gasteiger partial charge in [0.2, 0.25) is 5.67 Å². The van der Waals surface area contributed by atoms with Gasteiger partial charge in [-0.3, -0.25) is 9.78 Å². The number of unbranched alkanes of at least 4 members (excludes halogenated alkanes) is 1. The van der Waals surface area contributed by atoms with Crippen LogP contribution in [0.25, 0.3) is 11.3 Å². The summed E-state index contributed by atoms with van der Waals surface area (Å²) in [6, 6.07) is 2.96. The maximum absolute atomic E-state index is 17.7. The molecule has 15 heteroatoms. The number of hydrogen-bond donors (Lipinski definition) is 1. The third-order valence-electron chi connectivity index (χ3n) is 13.9. The van der Waals surface area contributed by atoms with Gasteiger partial charge < -0.3 is 43.0 Å². The van der Waals surface area contributed by atoms with Crippen molar-refractivity contribution in [2.75, 3.05) is 20.8 Å². The number of carbonyl (C=O) groups is 3. The number of aliphatic hydroxyl groups excluding tert-OH is 1. The second-order valence-electron chi connectivity index (χ2n) is 18.0. The SMILES string of the molecule is CC[C@H]1OC(=O)[C@@](C)(F)[C@@H](O[C@H]2C[C@@](C)(OC)[C@@H](O)[C@H](C)O2)[C@H](C)[C@@H](C)[C@](C)(OC)C[C@@H](C)C(=O)[C@H](C)[C@H]2N(CCCCn3cnc(-c4cccnc4)c3)C(=O)O[C@]12C. The number of esters is 1. The number of rotatable bonds is 11. The number of hydrogen-bond acceptors (Lipinski definition) is 12. The Bertz CT molecular complexity index is 1760. The number of aryl methyl sites for hydroxylation is 1. The van der Waals surface area contributed by atoms with E-state index in [9.17, 15) is 19.5 Å². The Labute approximate surface area is 348 Å². The summed E-state index contributed by atoms with van der Waals surface area (Å²) >= 11 is 0. The highest BCUT2D eigenvalue weighted by atomic mass is 19.1. The number of fused-ring (bicyclic) bond motifs is 1. The summed E-state index contributed by atoms with van der Waals surface area (Å²) in [7, 11) is 3.03. The van der Waals surface area contributed by atoms with Crippen LogP contribution < -0.4 is 0 Å². The third-order valence-corrected chi connectivity index (χ3v) is 13.9. The van der Waals surface area contributed by atoms with Crippen LogP contribution in [0.4, 0.5) is 9.18 Å². The molecule has 3 saturated heterocycles. The van der Waals surface area contributed by atoms with E-state index in [1.807, 2.05) is 43.7 Å². The van der Waals surface area contributed by atoms with E-state index in [0.29, 0.717) is 19.4 Å². The number of aromatic nitrogens is 3. The van der Waals surface area contributed by atoms with Gasteiger partial charge in [-0.25, -0.2) is 19.0 Å². The Morgan fingerprint density at radius 1 is 0.983 bits per heavy atom. The molecule has 3 aliphatic heterocycles. The van der Waals surface area contributed by atoms with Gasteiger partial charge in [0.25, 0.3) is 0 Å². The van der Waals surface area contributed by atoms with Crippen LogP contribution in [-0.2, 0) is 44.6 Å². The van der Waals surface area contributed by atoms with Gasteiger partial charge >= 0.3 is 12.1 Å². The average molecular weight is 831 g/mol. The molecule has 2 aromatic heterocycles. The van der Waals surface area contributed by atoms with Crippen LogP contribution in [0.15, 0.2) is 37.1 Å². The highest BCUT2D eigenvalue weighted by molar-refractivity contribution is 5.85. The van der Waals surface area contributed by atoms with Gasteiger partial charge in [-0.15, -0.1) is 0 Å². The molecule has 14 nitrogen and oxygen atoms in total. The fraction of sp³-hybridized carbons (Fsp3) is 0.750. The largest absolute Gasteiger partial charge is 0.456 e. The molecule has 0 aliphatic carbocycles. The smallest absolute Gasteiger partial charge is 0.410 e. The van der Waals surface area contributed by atoms with Crippen molar-refractivity contribution in [3.8, 4) is 11.3 Å². The standard InChI is InChI=1S/C44H67FN4O10/c1-13-33-44(10)36(49(40(53)59-44)20-15-14-19-48-24-32(47-25-48)31-17-16-18-46-23-31)28(4)35(50)26(2)21-41(7,54-11)29(5)27(3)38(43(9,45)39(52)57-33)58-34-22-42(8,55-12)37(51)30(6)56-34/h16-18,23-30,33-34,36-38,51H,13-15,19-22H2,1-12H3/t26-,27-,28+,29-,30+,33-,34+,36-,37+,38+,41-,42-,43+,44-/m1/s1. The quantitative estimate of drug-likeness (QED) is 0.192. The predicted molar refractivity (Wildman–Crippen MR) is 217 cm³/mol. The third kappa shape index (κ3) is 9.24. The van der Waals surface area contributed by atoms with Crippen molar-refractivity contribution in [2.24, 2.45) is 23.7 Å². The van der Waals surface area contributed by atoms with Crippen molar-refractivity contribution in [3.05, 3.63) is 37.1 Å². The monoisotopic (exact) mass is 830 g/mol. The first kappa shape index (κ1) is 46.6. The maximum Gasteiger partial charge on any atom is 0.410 e. The molecule has 0 saturated carbocycles. The zero-order valence-electron chi connectivity index (χ0n) is 37.0. The topological polar surface area (TPSA) is 161 Å². The first-order valence-corrected chi connectivity index (χ1v) is 21.1. The molecule has 14 atom stereocenters. The number of ether oxygens (including phenoxy) is 6. The van der Waals surface area contributed by atoms with Crippen LogP contribution in [0.3, 0.4) is 0 Å². The molecule has 1 N–H and O–H groups in total. The van der Waals surface area contributed by atoms with E-state index in [0.717, 1.165) is 18.2 Å². The molecular weight excluding hydrogens is 763 g/mol. The number of pyridine rings is 1. The summed E-state index contributed by atoms with van der Waals surface area (Å²) in [6.07, 6.45) is 2.98. The first-order chi connectivity index (χ1) is 27.7. The Morgan fingerprint density at radius 3 is 2.29 bits per heavy atom. The van der Waals surface area contributed by atoms with Crippen molar-refractivity contribution in [1.29, 1.82) is 0 Å². The minimum absolute atomic E-state index is 0.0561. The summed E-state index contributed by atoms with van der Waals surface area (Å²) in [5.74, 6) is -3.75. The number of cyclic esters (lactones) is 1. The zero-order chi connectivity index (χ0) is 43.7. The van der Waals surface area contributed by atoms with Crippen molar-refractivity contribution in [1.82, 2.24) is 19.4 Å². The number of nitrogens with zero attached hydrogens (tertiary/aromatic N) is 4. The molecule has 1 amide bonds. The lowest BCUT2D eigenvalue weighted by Crippen LogP contribution is -2.61. The average Bonchev–Trinajstić information content (AvgIpc) is 3.79. The van der Waals surface area contributed by atoms with E-state index >= 15 is 4.39 Å². The van der Waals surface area contributed by atoms with Gasteiger partial charge in [0.05, 0.1) is 35.4 Å². The molecule has 0 radical (unpaired) electrons. The molecule has 3 aliphatic rings. The lowest BCUT2D eigenvalue weighted by atomic mass is 9.69. The molecule has 0 unspecified atom stereocenters. The van der Waals surface area contributed by atoms with E-state index < -0.39 is 95.0 Å². The van der Waals surface area contributed by atoms with Crippen molar-refractivity contribution in [2.45, 2.75) is 167 Å².